The van der Waals surface area contributed by atoms with Crippen LogP contribution in [0.1, 0.15) is 17.3 Å². The lowest BCUT2D eigenvalue weighted by Crippen LogP contribution is -2.51. The maximum Gasteiger partial charge on any atom is 0.255 e. The molecule has 0 radical (unpaired) electrons. The quantitative estimate of drug-likeness (QED) is 0.798. The van der Waals surface area contributed by atoms with Gasteiger partial charge in [-0.3, -0.25) is 4.79 Å². The first-order valence-corrected chi connectivity index (χ1v) is 5.97. The summed E-state index contributed by atoms with van der Waals surface area (Å²) in [4.78, 5) is 14.0. The zero-order chi connectivity index (χ0) is 12.4. The van der Waals surface area contributed by atoms with E-state index in [1.165, 1.54) is 18.2 Å². The molecule has 17 heavy (non-hydrogen) atoms. The zero-order valence-corrected chi connectivity index (χ0v) is 10.4. The molecule has 1 aromatic carbocycles. The molecule has 0 unspecified atom stereocenters. The number of nitrogens with zero attached hydrogens (tertiary/aromatic N) is 1. The predicted octanol–water partition coefficient (Wildman–Crippen LogP) is 1.48. The van der Waals surface area contributed by atoms with Gasteiger partial charge in [0.25, 0.3) is 5.91 Å². The SMILES string of the molecule is C[C@@H]1CN(C(=O)c2cc(O)ccc2Cl)CCN1. The summed E-state index contributed by atoms with van der Waals surface area (Å²) >= 11 is 5.97. The zero-order valence-electron chi connectivity index (χ0n) is 9.61. The number of phenolic OH excluding ortho intramolecular Hbond substituents is 1. The summed E-state index contributed by atoms with van der Waals surface area (Å²) in [6.07, 6.45) is 0. The molecule has 4 nitrogen and oxygen atoms in total. The molecule has 1 aromatic rings. The Balaban J connectivity index is 2.21. The van der Waals surface area contributed by atoms with Gasteiger partial charge < -0.3 is 15.3 Å². The minimum Gasteiger partial charge on any atom is -0.508 e. The second-order valence-electron chi connectivity index (χ2n) is 4.27. The van der Waals surface area contributed by atoms with Crippen molar-refractivity contribution in [2.75, 3.05) is 19.6 Å². The van der Waals surface area contributed by atoms with Gasteiger partial charge in [0.1, 0.15) is 5.75 Å². The van der Waals surface area contributed by atoms with Gasteiger partial charge in [-0.25, -0.2) is 0 Å². The smallest absolute Gasteiger partial charge is 0.255 e. The van der Waals surface area contributed by atoms with Gasteiger partial charge in [0, 0.05) is 25.7 Å². The van der Waals surface area contributed by atoms with Gasteiger partial charge in [-0.05, 0) is 25.1 Å². The molecule has 0 bridgehead atoms. The highest BCUT2D eigenvalue weighted by atomic mass is 35.5. The Morgan fingerprint density at radius 3 is 3.06 bits per heavy atom. The molecule has 0 aliphatic carbocycles. The Hall–Kier alpha value is -1.26. The number of benzene rings is 1. The van der Waals surface area contributed by atoms with E-state index in [-0.39, 0.29) is 17.7 Å². The lowest BCUT2D eigenvalue weighted by Gasteiger charge is -2.32. The second kappa shape index (κ2) is 4.94. The maximum atomic E-state index is 12.2. The van der Waals surface area contributed by atoms with Crippen molar-refractivity contribution >= 4 is 17.5 Å². The number of hydrogen-bond acceptors (Lipinski definition) is 3. The van der Waals surface area contributed by atoms with Gasteiger partial charge in [-0.1, -0.05) is 11.6 Å². The molecule has 0 spiro atoms. The molecule has 2 N–H and O–H groups in total. The van der Waals surface area contributed by atoms with Crippen LogP contribution in [-0.2, 0) is 0 Å². The Kier molecular flexibility index (Phi) is 3.54. The number of carbonyl (C=O) groups is 1. The van der Waals surface area contributed by atoms with Crippen LogP contribution in [0.15, 0.2) is 18.2 Å². The first-order chi connectivity index (χ1) is 8.08. The fourth-order valence-electron chi connectivity index (χ4n) is 1.96. The minimum absolute atomic E-state index is 0.0564. The van der Waals surface area contributed by atoms with E-state index in [4.69, 9.17) is 11.6 Å². The van der Waals surface area contributed by atoms with Crippen molar-refractivity contribution in [2.24, 2.45) is 0 Å². The summed E-state index contributed by atoms with van der Waals surface area (Å²) in [5.74, 6) is -0.0693. The number of rotatable bonds is 1. The molecule has 1 amide bonds. The third kappa shape index (κ3) is 2.70. The Bertz CT molecular complexity index is 437. The molecular formula is C12H15ClN2O2. The van der Waals surface area contributed by atoms with Crippen LogP contribution in [0.2, 0.25) is 5.02 Å². The number of phenols is 1. The average molecular weight is 255 g/mol. The molecule has 1 aliphatic heterocycles. The number of amides is 1. The largest absolute Gasteiger partial charge is 0.508 e. The van der Waals surface area contributed by atoms with Gasteiger partial charge in [-0.15, -0.1) is 0 Å². The monoisotopic (exact) mass is 254 g/mol. The van der Waals surface area contributed by atoms with Gasteiger partial charge in [0.05, 0.1) is 10.6 Å². The van der Waals surface area contributed by atoms with E-state index < -0.39 is 0 Å². The van der Waals surface area contributed by atoms with Crippen molar-refractivity contribution in [2.45, 2.75) is 13.0 Å². The van der Waals surface area contributed by atoms with Crippen LogP contribution in [0.4, 0.5) is 0 Å². The lowest BCUT2D eigenvalue weighted by molar-refractivity contribution is 0.0709. The number of carbonyl (C=O) groups excluding carboxylic acids is 1. The van der Waals surface area contributed by atoms with Crippen LogP contribution >= 0.6 is 11.6 Å². The molecule has 92 valence electrons. The summed E-state index contributed by atoms with van der Waals surface area (Å²) in [5, 5.41) is 13.0. The third-order valence-electron chi connectivity index (χ3n) is 2.84. The Morgan fingerprint density at radius 2 is 2.35 bits per heavy atom. The number of hydrogen-bond donors (Lipinski definition) is 2. The highest BCUT2D eigenvalue weighted by Crippen LogP contribution is 2.23. The lowest BCUT2D eigenvalue weighted by atomic mass is 10.1. The van der Waals surface area contributed by atoms with Crippen LogP contribution in [0.5, 0.6) is 5.75 Å². The van der Waals surface area contributed by atoms with Crippen molar-refractivity contribution < 1.29 is 9.90 Å². The molecule has 5 heteroatoms. The summed E-state index contributed by atoms with van der Waals surface area (Å²) in [7, 11) is 0. The average Bonchev–Trinajstić information content (AvgIpc) is 2.31. The topological polar surface area (TPSA) is 52.6 Å². The van der Waals surface area contributed by atoms with Crippen molar-refractivity contribution in [3.8, 4) is 5.75 Å². The van der Waals surface area contributed by atoms with E-state index in [1.807, 2.05) is 6.92 Å². The number of aromatic hydroxyl groups is 1. The van der Waals surface area contributed by atoms with E-state index in [0.717, 1.165) is 6.54 Å². The van der Waals surface area contributed by atoms with E-state index in [9.17, 15) is 9.90 Å². The van der Waals surface area contributed by atoms with E-state index >= 15 is 0 Å². The summed E-state index contributed by atoms with van der Waals surface area (Å²) in [6, 6.07) is 4.70. The fraction of sp³-hybridized carbons (Fsp3) is 0.417. The van der Waals surface area contributed by atoms with Crippen LogP contribution < -0.4 is 5.32 Å². The van der Waals surface area contributed by atoms with Crippen LogP contribution in [0.3, 0.4) is 0 Å². The molecule has 1 atom stereocenters. The molecule has 0 aromatic heterocycles. The van der Waals surface area contributed by atoms with E-state index in [1.54, 1.807) is 4.90 Å². The van der Waals surface area contributed by atoms with Gasteiger partial charge in [0.2, 0.25) is 0 Å². The number of nitrogens with one attached hydrogen (secondary N) is 1. The molecular weight excluding hydrogens is 240 g/mol. The first kappa shape index (κ1) is 12.2. The molecule has 1 aliphatic rings. The van der Waals surface area contributed by atoms with Crippen molar-refractivity contribution in [1.29, 1.82) is 0 Å². The molecule has 1 heterocycles. The third-order valence-corrected chi connectivity index (χ3v) is 3.17. The molecule has 1 fully saturated rings. The van der Waals surface area contributed by atoms with E-state index in [2.05, 4.69) is 5.32 Å². The van der Waals surface area contributed by atoms with Crippen molar-refractivity contribution in [3.63, 3.8) is 0 Å². The van der Waals surface area contributed by atoms with Crippen molar-refractivity contribution in [1.82, 2.24) is 10.2 Å². The minimum atomic E-state index is -0.126. The highest BCUT2D eigenvalue weighted by Gasteiger charge is 2.23. The molecule has 2 rings (SSSR count). The van der Waals surface area contributed by atoms with E-state index in [0.29, 0.717) is 23.7 Å². The fourth-order valence-corrected chi connectivity index (χ4v) is 2.16. The first-order valence-electron chi connectivity index (χ1n) is 5.59. The number of piperazine rings is 1. The standard InChI is InChI=1S/C12H15ClN2O2/c1-8-7-15(5-4-14-8)12(17)10-6-9(16)2-3-11(10)13/h2-3,6,8,14,16H,4-5,7H2,1H3/t8-/m1/s1. The number of halogens is 1. The summed E-state index contributed by atoms with van der Waals surface area (Å²) in [6.45, 7) is 4.13. The second-order valence-corrected chi connectivity index (χ2v) is 4.68. The van der Waals surface area contributed by atoms with Gasteiger partial charge in [0.15, 0.2) is 0 Å². The Labute approximate surface area is 105 Å². The van der Waals surface area contributed by atoms with Crippen LogP contribution in [-0.4, -0.2) is 41.6 Å². The summed E-state index contributed by atoms with van der Waals surface area (Å²) < 4.78 is 0. The normalized spacial score (nSPS) is 20.4. The van der Waals surface area contributed by atoms with Gasteiger partial charge >= 0.3 is 0 Å². The molecule has 0 saturated carbocycles. The van der Waals surface area contributed by atoms with Crippen molar-refractivity contribution in [3.05, 3.63) is 28.8 Å². The maximum absolute atomic E-state index is 12.2. The molecule has 1 saturated heterocycles. The highest BCUT2D eigenvalue weighted by molar-refractivity contribution is 6.33. The Morgan fingerprint density at radius 1 is 1.59 bits per heavy atom. The predicted molar refractivity (Wildman–Crippen MR) is 66.5 cm³/mol. The van der Waals surface area contributed by atoms with Gasteiger partial charge in [-0.2, -0.15) is 0 Å². The summed E-state index contributed by atoms with van der Waals surface area (Å²) in [5.41, 5.74) is 0.362. The van der Waals surface area contributed by atoms with Crippen LogP contribution in [0.25, 0.3) is 0 Å². The van der Waals surface area contributed by atoms with Crippen LogP contribution in [0, 0.1) is 0 Å².